The second-order valence-electron chi connectivity index (χ2n) is 8.19. The van der Waals surface area contributed by atoms with Crippen LogP contribution in [0.1, 0.15) is 76.9 Å². The lowest BCUT2D eigenvalue weighted by molar-refractivity contribution is 0.0927. The highest BCUT2D eigenvalue weighted by molar-refractivity contribution is 7.16. The van der Waals surface area contributed by atoms with Crippen LogP contribution >= 0.6 is 11.3 Å². The first-order chi connectivity index (χ1) is 14.2. The van der Waals surface area contributed by atoms with Crippen LogP contribution in [0.25, 0.3) is 0 Å². The van der Waals surface area contributed by atoms with Crippen LogP contribution in [0.15, 0.2) is 23.2 Å². The van der Waals surface area contributed by atoms with E-state index in [1.165, 1.54) is 36.1 Å². The molecule has 0 unspecified atom stereocenters. The number of carbonyl (C=O) groups excluding carboxylic acids is 1. The van der Waals surface area contributed by atoms with Crippen LogP contribution in [0.2, 0.25) is 0 Å². The van der Waals surface area contributed by atoms with Gasteiger partial charge in [-0.3, -0.25) is 4.79 Å². The molecule has 154 valence electrons. The van der Waals surface area contributed by atoms with Crippen molar-refractivity contribution in [3.8, 4) is 5.75 Å². The van der Waals surface area contributed by atoms with Crippen LogP contribution in [0.4, 0.5) is 5.00 Å². The number of hydrogen-bond donors (Lipinski definition) is 1. The zero-order valence-corrected chi connectivity index (χ0v) is 18.2. The number of thiophene rings is 1. The molecule has 29 heavy (non-hydrogen) atoms. The molecule has 4 rings (SSSR count). The average molecular weight is 411 g/mol. The lowest BCUT2D eigenvalue weighted by Gasteiger charge is -2.23. The van der Waals surface area contributed by atoms with E-state index in [2.05, 4.69) is 5.32 Å². The Morgan fingerprint density at radius 2 is 1.97 bits per heavy atom. The molecule has 4 nitrogen and oxygen atoms in total. The van der Waals surface area contributed by atoms with Gasteiger partial charge in [-0.1, -0.05) is 31.4 Å². The van der Waals surface area contributed by atoms with Crippen molar-refractivity contribution in [2.24, 2.45) is 4.99 Å². The Morgan fingerprint density at radius 3 is 2.76 bits per heavy atom. The Bertz CT molecular complexity index is 910. The highest BCUT2D eigenvalue weighted by atomic mass is 32.1. The normalized spacial score (nSPS) is 17.3. The smallest absolute Gasteiger partial charge is 0.254 e. The lowest BCUT2D eigenvalue weighted by atomic mass is 9.93. The summed E-state index contributed by atoms with van der Waals surface area (Å²) in [4.78, 5) is 19.3. The number of aliphatic imine (C=N–C) groups is 1. The van der Waals surface area contributed by atoms with Crippen molar-refractivity contribution in [1.82, 2.24) is 5.32 Å². The van der Waals surface area contributed by atoms with E-state index in [4.69, 9.17) is 9.73 Å². The molecule has 2 aliphatic rings. The van der Waals surface area contributed by atoms with Gasteiger partial charge in [-0.15, -0.1) is 11.3 Å². The van der Waals surface area contributed by atoms with Gasteiger partial charge in [0.2, 0.25) is 0 Å². The van der Waals surface area contributed by atoms with Gasteiger partial charge in [0.15, 0.2) is 0 Å². The molecular weight excluding hydrogens is 380 g/mol. The molecule has 0 bridgehead atoms. The van der Waals surface area contributed by atoms with Crippen molar-refractivity contribution in [3.05, 3.63) is 45.3 Å². The molecule has 2 aromatic rings. The summed E-state index contributed by atoms with van der Waals surface area (Å²) in [7, 11) is 1.68. The van der Waals surface area contributed by atoms with Gasteiger partial charge in [0.1, 0.15) is 10.8 Å². The first-order valence-electron chi connectivity index (χ1n) is 10.8. The minimum atomic E-state index is 0.0740. The summed E-state index contributed by atoms with van der Waals surface area (Å²) in [5.41, 5.74) is 4.15. The van der Waals surface area contributed by atoms with Gasteiger partial charge in [-0.05, 0) is 68.2 Å². The lowest BCUT2D eigenvalue weighted by Crippen LogP contribution is -2.36. The van der Waals surface area contributed by atoms with Crippen molar-refractivity contribution in [1.29, 1.82) is 0 Å². The summed E-state index contributed by atoms with van der Waals surface area (Å²) in [6.07, 6.45) is 12.2. The van der Waals surface area contributed by atoms with Crippen LogP contribution in [-0.2, 0) is 12.8 Å². The first kappa shape index (κ1) is 20.1. The molecule has 1 saturated carbocycles. The molecule has 0 aliphatic heterocycles. The van der Waals surface area contributed by atoms with E-state index in [9.17, 15) is 4.79 Å². The molecule has 0 saturated heterocycles. The van der Waals surface area contributed by atoms with Gasteiger partial charge in [-0.25, -0.2) is 4.99 Å². The summed E-state index contributed by atoms with van der Waals surface area (Å²) >= 11 is 1.69. The van der Waals surface area contributed by atoms with Gasteiger partial charge in [0.25, 0.3) is 5.91 Å². The van der Waals surface area contributed by atoms with Gasteiger partial charge in [0.05, 0.1) is 12.7 Å². The number of ether oxygens (including phenoxy) is 1. The Morgan fingerprint density at radius 1 is 1.17 bits per heavy atom. The number of carbonyl (C=O) groups is 1. The van der Waals surface area contributed by atoms with Gasteiger partial charge >= 0.3 is 0 Å². The molecule has 1 amide bonds. The molecule has 0 radical (unpaired) electrons. The highest BCUT2D eigenvalue weighted by Gasteiger charge is 2.27. The standard InChI is InChI=1S/C24H30N2O2S/c1-16-12-13-17(14-20(16)28-2)15-25-24-22(19-10-6-7-11-21(19)29-24)23(27)26-18-8-4-3-5-9-18/h12-15,18H,3-11H2,1-2H3,(H,26,27). The molecule has 0 spiro atoms. The van der Waals surface area contributed by atoms with E-state index < -0.39 is 0 Å². The molecule has 1 heterocycles. The van der Waals surface area contributed by atoms with E-state index in [1.54, 1.807) is 18.4 Å². The summed E-state index contributed by atoms with van der Waals surface area (Å²) in [5, 5.41) is 4.16. The van der Waals surface area contributed by atoms with Crippen LogP contribution in [0.5, 0.6) is 5.75 Å². The predicted molar refractivity (Wildman–Crippen MR) is 120 cm³/mol. The second-order valence-corrected chi connectivity index (χ2v) is 9.27. The molecule has 1 aromatic carbocycles. The number of rotatable bonds is 5. The van der Waals surface area contributed by atoms with Gasteiger partial charge < -0.3 is 10.1 Å². The summed E-state index contributed by atoms with van der Waals surface area (Å²) in [6.45, 7) is 2.03. The van der Waals surface area contributed by atoms with Crippen LogP contribution in [0, 0.1) is 6.92 Å². The van der Waals surface area contributed by atoms with Crippen molar-refractivity contribution in [2.75, 3.05) is 7.11 Å². The maximum absolute atomic E-state index is 13.2. The number of amides is 1. The third-order valence-electron chi connectivity index (χ3n) is 6.08. The zero-order chi connectivity index (χ0) is 20.2. The summed E-state index contributed by atoms with van der Waals surface area (Å²) in [6, 6.07) is 6.38. The number of aryl methyl sites for hydroxylation is 2. The first-order valence-corrected chi connectivity index (χ1v) is 11.6. The quantitative estimate of drug-likeness (QED) is 0.637. The number of fused-ring (bicyclic) bond motifs is 1. The number of hydrogen-bond acceptors (Lipinski definition) is 4. The molecule has 1 N–H and O–H groups in total. The predicted octanol–water partition coefficient (Wildman–Crippen LogP) is 5.76. The van der Waals surface area contributed by atoms with Crippen LogP contribution in [0.3, 0.4) is 0 Å². The van der Waals surface area contributed by atoms with E-state index in [-0.39, 0.29) is 5.91 Å². The van der Waals surface area contributed by atoms with Crippen LogP contribution < -0.4 is 10.1 Å². The summed E-state index contributed by atoms with van der Waals surface area (Å²) < 4.78 is 5.43. The van der Waals surface area contributed by atoms with E-state index in [0.29, 0.717) is 6.04 Å². The average Bonchev–Trinajstić information content (AvgIpc) is 3.12. The number of benzene rings is 1. The minimum absolute atomic E-state index is 0.0740. The zero-order valence-electron chi connectivity index (χ0n) is 17.4. The van der Waals surface area contributed by atoms with E-state index in [1.807, 2.05) is 31.3 Å². The van der Waals surface area contributed by atoms with E-state index in [0.717, 1.165) is 59.5 Å². The largest absolute Gasteiger partial charge is 0.496 e. The fourth-order valence-electron chi connectivity index (χ4n) is 4.43. The molecule has 2 aliphatic carbocycles. The van der Waals surface area contributed by atoms with E-state index >= 15 is 0 Å². The fraction of sp³-hybridized carbons (Fsp3) is 0.500. The molecule has 5 heteroatoms. The maximum atomic E-state index is 13.2. The van der Waals surface area contributed by atoms with Crippen molar-refractivity contribution >= 4 is 28.5 Å². The monoisotopic (exact) mass is 410 g/mol. The SMILES string of the molecule is COc1cc(C=Nc2sc3c(c2C(=O)NC2CCCCC2)CCCC3)ccc1C. The van der Waals surface area contributed by atoms with Gasteiger partial charge in [-0.2, -0.15) is 0 Å². The third kappa shape index (κ3) is 4.55. The maximum Gasteiger partial charge on any atom is 0.254 e. The highest BCUT2D eigenvalue weighted by Crippen LogP contribution is 2.40. The number of methoxy groups -OCH3 is 1. The van der Waals surface area contributed by atoms with Crippen LogP contribution in [-0.4, -0.2) is 25.3 Å². The number of nitrogens with one attached hydrogen (secondary N) is 1. The Labute approximate surface area is 177 Å². The second kappa shape index (κ2) is 9.12. The topological polar surface area (TPSA) is 50.7 Å². The van der Waals surface area contributed by atoms with Crippen molar-refractivity contribution < 1.29 is 9.53 Å². The molecule has 0 atom stereocenters. The Hall–Kier alpha value is -2.14. The van der Waals surface area contributed by atoms with Crippen molar-refractivity contribution in [2.45, 2.75) is 70.8 Å². The van der Waals surface area contributed by atoms with Gasteiger partial charge in [0, 0.05) is 17.1 Å². The van der Waals surface area contributed by atoms with Crippen molar-refractivity contribution in [3.63, 3.8) is 0 Å². The molecule has 1 fully saturated rings. The Kier molecular flexibility index (Phi) is 6.34. The molecular formula is C24H30N2O2S. The summed E-state index contributed by atoms with van der Waals surface area (Å²) in [5.74, 6) is 0.930. The fourth-order valence-corrected chi connectivity index (χ4v) is 5.66. The number of nitrogens with zero attached hydrogens (tertiary/aromatic N) is 1. The Balaban J connectivity index is 1.62. The minimum Gasteiger partial charge on any atom is -0.496 e. The molecule has 1 aromatic heterocycles. The third-order valence-corrected chi connectivity index (χ3v) is 7.28.